The van der Waals surface area contributed by atoms with Crippen LogP contribution >= 0.6 is 0 Å². The number of primary amides is 1. The van der Waals surface area contributed by atoms with Crippen LogP contribution in [0.25, 0.3) is 0 Å². The Labute approximate surface area is 117 Å². The molecule has 1 aromatic carbocycles. The number of carbonyl (C=O) groups excluding carboxylic acids is 1. The molecule has 1 amide bonds. The van der Waals surface area contributed by atoms with Crippen molar-refractivity contribution in [2.24, 2.45) is 12.8 Å². The van der Waals surface area contributed by atoms with Gasteiger partial charge in [0.1, 0.15) is 12.4 Å². The average molecular weight is 275 g/mol. The van der Waals surface area contributed by atoms with Gasteiger partial charge in [-0.25, -0.2) is 0 Å². The van der Waals surface area contributed by atoms with Gasteiger partial charge in [0.25, 0.3) is 0 Å². The molecule has 0 radical (unpaired) electrons. The largest absolute Gasteiger partial charge is 0.493 e. The zero-order valence-corrected chi connectivity index (χ0v) is 11.5. The van der Waals surface area contributed by atoms with E-state index in [0.717, 1.165) is 0 Å². The first-order chi connectivity index (χ1) is 9.61. The number of rotatable bonds is 6. The third-order valence-electron chi connectivity index (χ3n) is 2.75. The first-order valence-electron chi connectivity index (χ1n) is 6.28. The Hall–Kier alpha value is -2.50. The highest BCUT2D eigenvalue weighted by Gasteiger charge is 2.14. The summed E-state index contributed by atoms with van der Waals surface area (Å²) in [5.74, 6) is 0.570. The summed E-state index contributed by atoms with van der Waals surface area (Å²) < 4.78 is 12.7. The van der Waals surface area contributed by atoms with Crippen LogP contribution in [0.15, 0.2) is 30.5 Å². The Morgan fingerprint density at radius 1 is 1.35 bits per heavy atom. The number of carbonyl (C=O) groups is 1. The highest BCUT2D eigenvalue weighted by Crippen LogP contribution is 2.24. The topological polar surface area (TPSA) is 79.4 Å². The predicted octanol–water partition coefficient (Wildman–Crippen LogP) is 1.50. The molecule has 2 N–H and O–H groups in total. The normalized spacial score (nSPS) is 10.3. The molecule has 2 rings (SSSR count). The molecule has 0 aliphatic carbocycles. The van der Waals surface area contributed by atoms with E-state index in [1.807, 2.05) is 6.92 Å². The number of aryl methyl sites for hydroxylation is 1. The van der Waals surface area contributed by atoms with Gasteiger partial charge in [0, 0.05) is 30.4 Å². The summed E-state index contributed by atoms with van der Waals surface area (Å²) >= 11 is 0. The van der Waals surface area contributed by atoms with Gasteiger partial charge in [-0.3, -0.25) is 9.48 Å². The number of ether oxygens (including phenoxy) is 2. The number of nitrogens with two attached hydrogens (primary N) is 1. The number of benzene rings is 1. The van der Waals surface area contributed by atoms with Gasteiger partial charge in [0.05, 0.1) is 6.61 Å². The molecule has 0 fully saturated rings. The SMILES string of the molecule is CCOc1cccc(C(N)=O)c1COc1ccn(C)n1. The highest BCUT2D eigenvalue weighted by molar-refractivity contribution is 5.95. The molecule has 0 saturated heterocycles. The number of amides is 1. The van der Waals surface area contributed by atoms with Gasteiger partial charge in [-0.2, -0.15) is 0 Å². The van der Waals surface area contributed by atoms with Crippen molar-refractivity contribution in [3.8, 4) is 11.6 Å². The van der Waals surface area contributed by atoms with E-state index in [1.165, 1.54) is 0 Å². The minimum atomic E-state index is -0.508. The molecular weight excluding hydrogens is 258 g/mol. The molecule has 1 aromatic heterocycles. The third-order valence-corrected chi connectivity index (χ3v) is 2.75. The summed E-state index contributed by atoms with van der Waals surface area (Å²) in [5.41, 5.74) is 6.41. The maximum absolute atomic E-state index is 11.5. The molecule has 106 valence electrons. The van der Waals surface area contributed by atoms with Gasteiger partial charge in [-0.05, 0) is 19.1 Å². The third kappa shape index (κ3) is 3.09. The van der Waals surface area contributed by atoms with Crippen molar-refractivity contribution < 1.29 is 14.3 Å². The van der Waals surface area contributed by atoms with Crippen LogP contribution in [0.1, 0.15) is 22.8 Å². The molecule has 0 bridgehead atoms. The Balaban J connectivity index is 2.25. The van der Waals surface area contributed by atoms with Crippen molar-refractivity contribution in [1.29, 1.82) is 0 Å². The maximum Gasteiger partial charge on any atom is 0.249 e. The lowest BCUT2D eigenvalue weighted by molar-refractivity contribution is 0.0997. The van der Waals surface area contributed by atoms with Crippen molar-refractivity contribution in [3.63, 3.8) is 0 Å². The van der Waals surface area contributed by atoms with Crippen LogP contribution in [-0.4, -0.2) is 22.3 Å². The Kier molecular flexibility index (Phi) is 4.24. The molecule has 1 heterocycles. The van der Waals surface area contributed by atoms with Crippen molar-refractivity contribution >= 4 is 5.91 Å². The van der Waals surface area contributed by atoms with E-state index < -0.39 is 5.91 Å². The number of hydrogen-bond acceptors (Lipinski definition) is 4. The van der Waals surface area contributed by atoms with E-state index >= 15 is 0 Å². The summed E-state index contributed by atoms with van der Waals surface area (Å²) in [4.78, 5) is 11.5. The van der Waals surface area contributed by atoms with E-state index in [2.05, 4.69) is 5.10 Å². The minimum Gasteiger partial charge on any atom is -0.493 e. The fourth-order valence-electron chi connectivity index (χ4n) is 1.85. The molecule has 0 aliphatic rings. The zero-order chi connectivity index (χ0) is 14.5. The molecule has 2 aromatic rings. The summed E-state index contributed by atoms with van der Waals surface area (Å²) in [6.07, 6.45) is 1.78. The first kappa shape index (κ1) is 13.9. The summed E-state index contributed by atoms with van der Waals surface area (Å²) in [5, 5.41) is 4.11. The van der Waals surface area contributed by atoms with Gasteiger partial charge in [0.2, 0.25) is 11.8 Å². The lowest BCUT2D eigenvalue weighted by atomic mass is 10.1. The molecule has 6 nitrogen and oxygen atoms in total. The minimum absolute atomic E-state index is 0.172. The van der Waals surface area contributed by atoms with E-state index in [-0.39, 0.29) is 6.61 Å². The highest BCUT2D eigenvalue weighted by atomic mass is 16.5. The lowest BCUT2D eigenvalue weighted by Crippen LogP contribution is -2.16. The molecule has 6 heteroatoms. The smallest absolute Gasteiger partial charge is 0.249 e. The predicted molar refractivity (Wildman–Crippen MR) is 73.7 cm³/mol. The monoisotopic (exact) mass is 275 g/mol. The summed E-state index contributed by atoms with van der Waals surface area (Å²) in [6.45, 7) is 2.55. The number of nitrogens with zero attached hydrogens (tertiary/aromatic N) is 2. The van der Waals surface area contributed by atoms with Crippen molar-refractivity contribution in [2.75, 3.05) is 6.61 Å². The molecule has 0 saturated carbocycles. The second-order valence-electron chi connectivity index (χ2n) is 4.20. The Morgan fingerprint density at radius 2 is 2.15 bits per heavy atom. The average Bonchev–Trinajstić information content (AvgIpc) is 2.83. The fraction of sp³-hybridized carbons (Fsp3) is 0.286. The number of aromatic nitrogens is 2. The van der Waals surface area contributed by atoms with Crippen LogP contribution in [0.5, 0.6) is 11.6 Å². The van der Waals surface area contributed by atoms with Gasteiger partial charge in [0.15, 0.2) is 0 Å². The van der Waals surface area contributed by atoms with Crippen molar-refractivity contribution in [2.45, 2.75) is 13.5 Å². The van der Waals surface area contributed by atoms with Gasteiger partial charge in [-0.1, -0.05) is 6.07 Å². The van der Waals surface area contributed by atoms with E-state index in [4.69, 9.17) is 15.2 Å². The molecular formula is C14H17N3O3. The Morgan fingerprint density at radius 3 is 2.75 bits per heavy atom. The summed E-state index contributed by atoms with van der Waals surface area (Å²) in [6, 6.07) is 6.91. The van der Waals surface area contributed by atoms with E-state index in [0.29, 0.717) is 29.4 Å². The first-order valence-corrected chi connectivity index (χ1v) is 6.28. The molecule has 0 unspecified atom stereocenters. The van der Waals surface area contributed by atoms with Crippen LogP contribution < -0.4 is 15.2 Å². The van der Waals surface area contributed by atoms with E-state index in [9.17, 15) is 4.79 Å². The maximum atomic E-state index is 11.5. The van der Waals surface area contributed by atoms with Crippen LogP contribution in [0.3, 0.4) is 0 Å². The Bertz CT molecular complexity index is 607. The molecule has 0 spiro atoms. The quantitative estimate of drug-likeness (QED) is 0.866. The van der Waals surface area contributed by atoms with Crippen molar-refractivity contribution in [1.82, 2.24) is 9.78 Å². The molecule has 0 atom stereocenters. The lowest BCUT2D eigenvalue weighted by Gasteiger charge is -2.13. The zero-order valence-electron chi connectivity index (χ0n) is 11.5. The molecule has 0 aliphatic heterocycles. The standard InChI is InChI=1S/C14H17N3O3/c1-3-19-12-6-4-5-10(14(15)18)11(12)9-20-13-7-8-17(2)16-13/h4-8H,3,9H2,1-2H3,(H2,15,18). The van der Waals surface area contributed by atoms with Crippen LogP contribution in [0, 0.1) is 0 Å². The molecule has 20 heavy (non-hydrogen) atoms. The fourth-order valence-corrected chi connectivity index (χ4v) is 1.85. The van der Waals surface area contributed by atoms with E-state index in [1.54, 1.807) is 42.2 Å². The second-order valence-corrected chi connectivity index (χ2v) is 4.20. The van der Waals surface area contributed by atoms with Gasteiger partial charge in [-0.15, -0.1) is 5.10 Å². The summed E-state index contributed by atoms with van der Waals surface area (Å²) in [7, 11) is 1.80. The number of hydrogen-bond donors (Lipinski definition) is 1. The van der Waals surface area contributed by atoms with Crippen molar-refractivity contribution in [3.05, 3.63) is 41.6 Å². The van der Waals surface area contributed by atoms with Gasteiger partial charge < -0.3 is 15.2 Å². The van der Waals surface area contributed by atoms with Gasteiger partial charge >= 0.3 is 0 Å². The van der Waals surface area contributed by atoms with Crippen LogP contribution in [-0.2, 0) is 13.7 Å². The van der Waals surface area contributed by atoms with Crippen LogP contribution in [0.4, 0.5) is 0 Å². The van der Waals surface area contributed by atoms with Crippen LogP contribution in [0.2, 0.25) is 0 Å². The second kappa shape index (κ2) is 6.10.